The highest BCUT2D eigenvalue weighted by atomic mass is 16.5. The van der Waals surface area contributed by atoms with Crippen LogP contribution in [0.5, 0.6) is 0 Å². The highest BCUT2D eigenvalue weighted by Gasteiger charge is 2.18. The predicted molar refractivity (Wildman–Crippen MR) is 105 cm³/mol. The predicted octanol–water partition coefficient (Wildman–Crippen LogP) is 1.96. The third-order valence-corrected chi connectivity index (χ3v) is 3.83. The topological polar surface area (TPSA) is 87.7 Å². The average molecular weight is 377 g/mol. The van der Waals surface area contributed by atoms with Gasteiger partial charge in [0.1, 0.15) is 0 Å². The summed E-state index contributed by atoms with van der Waals surface area (Å²) in [5, 5.41) is 5.28. The SMILES string of the molecule is COCCCN(CC(=O)NCC(=O)Nc1ccc(C)cc1)C(=O)CC(C)C. The number of carbonyl (C=O) groups excluding carboxylic acids is 3. The molecule has 0 radical (unpaired) electrons. The molecule has 2 N–H and O–H groups in total. The molecular formula is C20H31N3O4. The van der Waals surface area contributed by atoms with Gasteiger partial charge in [0.25, 0.3) is 0 Å². The van der Waals surface area contributed by atoms with E-state index in [4.69, 9.17) is 4.74 Å². The zero-order valence-corrected chi connectivity index (χ0v) is 16.7. The molecule has 0 spiro atoms. The minimum atomic E-state index is -0.358. The van der Waals surface area contributed by atoms with Gasteiger partial charge >= 0.3 is 0 Å². The Morgan fingerprint density at radius 1 is 1.11 bits per heavy atom. The Labute approximate surface area is 161 Å². The summed E-state index contributed by atoms with van der Waals surface area (Å²) < 4.78 is 5.01. The second-order valence-electron chi connectivity index (χ2n) is 6.95. The van der Waals surface area contributed by atoms with Gasteiger partial charge in [-0.15, -0.1) is 0 Å². The van der Waals surface area contributed by atoms with Crippen molar-refractivity contribution in [1.29, 1.82) is 0 Å². The van der Waals surface area contributed by atoms with E-state index in [9.17, 15) is 14.4 Å². The van der Waals surface area contributed by atoms with Gasteiger partial charge in [-0.1, -0.05) is 31.5 Å². The van der Waals surface area contributed by atoms with E-state index in [2.05, 4.69) is 10.6 Å². The third kappa shape index (κ3) is 9.75. The van der Waals surface area contributed by atoms with E-state index in [-0.39, 0.29) is 36.7 Å². The first kappa shape index (κ1) is 22.6. The van der Waals surface area contributed by atoms with Gasteiger partial charge < -0.3 is 20.3 Å². The van der Waals surface area contributed by atoms with Crippen molar-refractivity contribution < 1.29 is 19.1 Å². The van der Waals surface area contributed by atoms with Gasteiger partial charge in [0.15, 0.2) is 0 Å². The summed E-state index contributed by atoms with van der Waals surface area (Å²) in [6, 6.07) is 7.40. The number of hydrogen-bond acceptors (Lipinski definition) is 4. The van der Waals surface area contributed by atoms with Crippen molar-refractivity contribution in [3.8, 4) is 0 Å². The van der Waals surface area contributed by atoms with Crippen molar-refractivity contribution in [3.05, 3.63) is 29.8 Å². The number of nitrogens with one attached hydrogen (secondary N) is 2. The van der Waals surface area contributed by atoms with Crippen LogP contribution in [0.25, 0.3) is 0 Å². The summed E-state index contributed by atoms with van der Waals surface area (Å²) in [5.41, 5.74) is 1.77. The molecule has 0 unspecified atom stereocenters. The van der Waals surface area contributed by atoms with Crippen LogP contribution in [-0.2, 0) is 19.1 Å². The summed E-state index contributed by atoms with van der Waals surface area (Å²) in [5.74, 6) is -0.527. The molecule has 0 aliphatic carbocycles. The van der Waals surface area contributed by atoms with Crippen LogP contribution in [0.3, 0.4) is 0 Å². The minimum absolute atomic E-state index is 0.0624. The Balaban J connectivity index is 2.47. The maximum Gasteiger partial charge on any atom is 0.243 e. The van der Waals surface area contributed by atoms with Gasteiger partial charge in [-0.25, -0.2) is 0 Å². The fraction of sp³-hybridized carbons (Fsp3) is 0.550. The molecule has 0 aliphatic heterocycles. The molecule has 0 aliphatic rings. The van der Waals surface area contributed by atoms with E-state index >= 15 is 0 Å². The number of benzene rings is 1. The lowest BCUT2D eigenvalue weighted by atomic mass is 10.1. The Morgan fingerprint density at radius 2 is 1.78 bits per heavy atom. The van der Waals surface area contributed by atoms with Gasteiger partial charge in [0.05, 0.1) is 13.1 Å². The molecule has 0 heterocycles. The number of carbonyl (C=O) groups is 3. The van der Waals surface area contributed by atoms with E-state index < -0.39 is 0 Å². The molecular weight excluding hydrogens is 346 g/mol. The number of aryl methyl sites for hydroxylation is 1. The van der Waals surface area contributed by atoms with E-state index in [1.165, 1.54) is 4.90 Å². The molecule has 0 bridgehead atoms. The van der Waals surface area contributed by atoms with Crippen LogP contribution >= 0.6 is 0 Å². The molecule has 7 nitrogen and oxygen atoms in total. The summed E-state index contributed by atoms with van der Waals surface area (Å²) in [6.07, 6.45) is 1.04. The van der Waals surface area contributed by atoms with Gasteiger partial charge in [-0.3, -0.25) is 14.4 Å². The lowest BCUT2D eigenvalue weighted by molar-refractivity contribution is -0.137. The molecule has 1 aromatic carbocycles. The Morgan fingerprint density at radius 3 is 2.37 bits per heavy atom. The van der Waals surface area contributed by atoms with Crippen molar-refractivity contribution in [3.63, 3.8) is 0 Å². The van der Waals surface area contributed by atoms with Crippen LogP contribution in [0, 0.1) is 12.8 Å². The maximum absolute atomic E-state index is 12.3. The highest BCUT2D eigenvalue weighted by Crippen LogP contribution is 2.08. The summed E-state index contributed by atoms with van der Waals surface area (Å²) in [4.78, 5) is 38.0. The molecule has 0 aromatic heterocycles. The van der Waals surface area contributed by atoms with Gasteiger partial charge in [-0.2, -0.15) is 0 Å². The van der Waals surface area contributed by atoms with Crippen molar-refractivity contribution in [2.24, 2.45) is 5.92 Å². The van der Waals surface area contributed by atoms with E-state index in [0.717, 1.165) is 5.56 Å². The number of rotatable bonds is 11. The standard InChI is InChI=1S/C20H31N3O4/c1-15(2)12-20(26)23(10-5-11-27-4)14-19(25)21-13-18(24)22-17-8-6-16(3)7-9-17/h6-9,15H,5,10-14H2,1-4H3,(H,21,25)(H,22,24). The lowest BCUT2D eigenvalue weighted by Crippen LogP contribution is -2.43. The number of nitrogens with zero attached hydrogens (tertiary/aromatic N) is 1. The van der Waals surface area contributed by atoms with Crippen molar-refractivity contribution in [1.82, 2.24) is 10.2 Å². The molecule has 0 saturated carbocycles. The summed E-state index contributed by atoms with van der Waals surface area (Å²) in [6.45, 7) is 6.64. The van der Waals surface area contributed by atoms with Crippen LogP contribution in [0.2, 0.25) is 0 Å². The molecule has 0 saturated heterocycles. The van der Waals surface area contributed by atoms with E-state index in [0.29, 0.717) is 31.7 Å². The van der Waals surface area contributed by atoms with Crippen molar-refractivity contribution >= 4 is 23.4 Å². The average Bonchev–Trinajstić information content (AvgIpc) is 2.60. The minimum Gasteiger partial charge on any atom is -0.385 e. The Bertz CT molecular complexity index is 614. The molecule has 0 fully saturated rings. The highest BCUT2D eigenvalue weighted by molar-refractivity contribution is 5.95. The van der Waals surface area contributed by atoms with E-state index in [1.807, 2.05) is 32.9 Å². The molecule has 1 rings (SSSR count). The lowest BCUT2D eigenvalue weighted by Gasteiger charge is -2.23. The molecule has 150 valence electrons. The fourth-order valence-electron chi connectivity index (χ4n) is 2.42. The van der Waals surface area contributed by atoms with Crippen LogP contribution in [-0.4, -0.2) is 56.0 Å². The van der Waals surface area contributed by atoms with E-state index in [1.54, 1.807) is 19.2 Å². The first-order valence-corrected chi connectivity index (χ1v) is 9.21. The first-order chi connectivity index (χ1) is 12.8. The molecule has 7 heteroatoms. The number of ether oxygens (including phenoxy) is 1. The zero-order valence-electron chi connectivity index (χ0n) is 16.7. The van der Waals surface area contributed by atoms with Gasteiger partial charge in [0, 0.05) is 32.4 Å². The third-order valence-electron chi connectivity index (χ3n) is 3.83. The maximum atomic E-state index is 12.3. The van der Waals surface area contributed by atoms with Gasteiger partial charge in [0.2, 0.25) is 17.7 Å². The van der Waals surface area contributed by atoms with Crippen LogP contribution in [0.15, 0.2) is 24.3 Å². The molecule has 0 atom stereocenters. The summed E-state index contributed by atoms with van der Waals surface area (Å²) in [7, 11) is 1.60. The Kier molecular flexibility index (Phi) is 10.1. The number of methoxy groups -OCH3 is 1. The largest absolute Gasteiger partial charge is 0.385 e. The number of anilines is 1. The molecule has 1 aromatic rings. The smallest absolute Gasteiger partial charge is 0.243 e. The van der Waals surface area contributed by atoms with Gasteiger partial charge in [-0.05, 0) is 31.4 Å². The van der Waals surface area contributed by atoms with Crippen LogP contribution < -0.4 is 10.6 Å². The molecule has 3 amide bonds. The summed E-state index contributed by atoms with van der Waals surface area (Å²) >= 11 is 0. The molecule has 27 heavy (non-hydrogen) atoms. The fourth-order valence-corrected chi connectivity index (χ4v) is 2.42. The first-order valence-electron chi connectivity index (χ1n) is 9.21. The van der Waals surface area contributed by atoms with Crippen molar-refractivity contribution in [2.75, 3.05) is 38.7 Å². The van der Waals surface area contributed by atoms with Crippen LogP contribution in [0.1, 0.15) is 32.3 Å². The Hall–Kier alpha value is -2.41. The zero-order chi connectivity index (χ0) is 20.2. The monoisotopic (exact) mass is 377 g/mol. The van der Waals surface area contributed by atoms with Crippen molar-refractivity contribution in [2.45, 2.75) is 33.6 Å². The normalized spacial score (nSPS) is 10.6. The quantitative estimate of drug-likeness (QED) is 0.577. The number of hydrogen-bond donors (Lipinski definition) is 2. The number of amides is 3. The second kappa shape index (κ2) is 12.1. The second-order valence-corrected chi connectivity index (χ2v) is 6.95. The van der Waals surface area contributed by atoms with Crippen LogP contribution in [0.4, 0.5) is 5.69 Å².